The molecule has 2 aliphatic carbocycles. The zero-order chi connectivity index (χ0) is 22.1. The van der Waals surface area contributed by atoms with Crippen LogP contribution in [0.15, 0.2) is 11.6 Å². The summed E-state index contributed by atoms with van der Waals surface area (Å²) in [5, 5.41) is 9.79. The number of fused-ring (bicyclic) bond motifs is 1. The van der Waals surface area contributed by atoms with Crippen LogP contribution in [0.5, 0.6) is 0 Å². The highest BCUT2D eigenvalue weighted by molar-refractivity contribution is 5.76. The van der Waals surface area contributed by atoms with Crippen molar-refractivity contribution in [3.8, 4) is 0 Å². The van der Waals surface area contributed by atoms with E-state index in [1.54, 1.807) is 0 Å². The van der Waals surface area contributed by atoms with Crippen molar-refractivity contribution in [2.45, 2.75) is 98.4 Å². The lowest BCUT2D eigenvalue weighted by atomic mass is 9.62. The Morgan fingerprint density at radius 3 is 2.67 bits per heavy atom. The largest absolute Gasteiger partial charge is 0.461 e. The van der Waals surface area contributed by atoms with Crippen LogP contribution in [0.3, 0.4) is 0 Å². The van der Waals surface area contributed by atoms with Gasteiger partial charge < -0.3 is 14.6 Å². The highest BCUT2D eigenvalue weighted by Gasteiger charge is 2.44. The Labute approximate surface area is 181 Å². The van der Waals surface area contributed by atoms with Crippen molar-refractivity contribution >= 4 is 11.9 Å². The van der Waals surface area contributed by atoms with Gasteiger partial charge >= 0.3 is 11.9 Å². The van der Waals surface area contributed by atoms with Gasteiger partial charge in [-0.1, -0.05) is 32.4 Å². The zero-order valence-corrected chi connectivity index (χ0v) is 19.4. The quantitative estimate of drug-likeness (QED) is 0.483. The summed E-state index contributed by atoms with van der Waals surface area (Å²) in [6.07, 6.45) is 8.12. The van der Waals surface area contributed by atoms with Crippen LogP contribution < -0.4 is 0 Å². The second kappa shape index (κ2) is 9.42. The molecule has 1 heterocycles. The smallest absolute Gasteiger partial charge is 0.311 e. The third kappa shape index (κ3) is 5.27. The molecule has 0 aromatic rings. The first-order valence-electron chi connectivity index (χ1n) is 11.9. The number of hydrogen-bond acceptors (Lipinski definition) is 5. The van der Waals surface area contributed by atoms with Gasteiger partial charge in [-0.15, -0.1) is 0 Å². The summed E-state index contributed by atoms with van der Waals surface area (Å²) in [6.45, 7) is 10.5. The monoisotopic (exact) mass is 420 g/mol. The average Bonchev–Trinajstić information content (AvgIpc) is 2.66. The third-order valence-electron chi connectivity index (χ3n) is 7.87. The van der Waals surface area contributed by atoms with Crippen molar-refractivity contribution in [2.75, 3.05) is 0 Å². The van der Waals surface area contributed by atoms with Crippen molar-refractivity contribution in [1.29, 1.82) is 0 Å². The molecule has 7 atom stereocenters. The van der Waals surface area contributed by atoms with Crippen LogP contribution in [0.4, 0.5) is 0 Å². The van der Waals surface area contributed by atoms with Gasteiger partial charge in [-0.25, -0.2) is 0 Å². The van der Waals surface area contributed by atoms with E-state index in [1.165, 1.54) is 5.57 Å². The molecule has 0 spiro atoms. The molecule has 0 aromatic carbocycles. The number of carbonyl (C=O) groups excluding carboxylic acids is 2. The van der Waals surface area contributed by atoms with E-state index in [1.807, 2.05) is 20.8 Å². The van der Waals surface area contributed by atoms with Crippen LogP contribution >= 0.6 is 0 Å². The fourth-order valence-corrected chi connectivity index (χ4v) is 5.59. The van der Waals surface area contributed by atoms with Crippen LogP contribution in [0.25, 0.3) is 0 Å². The molecule has 1 aliphatic heterocycles. The summed E-state index contributed by atoms with van der Waals surface area (Å²) in [6, 6.07) is 0. The van der Waals surface area contributed by atoms with Crippen molar-refractivity contribution in [3.63, 3.8) is 0 Å². The Balaban J connectivity index is 1.75. The minimum atomic E-state index is -0.962. The maximum absolute atomic E-state index is 12.9. The maximum Gasteiger partial charge on any atom is 0.311 e. The molecule has 1 saturated heterocycles. The molecule has 0 bridgehead atoms. The lowest BCUT2D eigenvalue weighted by Gasteiger charge is -2.46. The first-order valence-corrected chi connectivity index (χ1v) is 11.9. The molecule has 0 radical (unpaired) electrons. The Hall–Kier alpha value is -1.36. The summed E-state index contributed by atoms with van der Waals surface area (Å²) >= 11 is 0. The topological polar surface area (TPSA) is 72.8 Å². The zero-order valence-electron chi connectivity index (χ0n) is 19.4. The van der Waals surface area contributed by atoms with E-state index in [0.717, 1.165) is 38.5 Å². The normalized spacial score (nSPS) is 37.1. The van der Waals surface area contributed by atoms with Crippen molar-refractivity contribution in [2.24, 2.45) is 35.0 Å². The predicted octanol–water partition coefficient (Wildman–Crippen LogP) is 5.01. The summed E-state index contributed by atoms with van der Waals surface area (Å²) in [5.74, 6) is 1.50. The van der Waals surface area contributed by atoms with E-state index in [-0.39, 0.29) is 29.9 Å². The van der Waals surface area contributed by atoms with Crippen LogP contribution in [0.1, 0.15) is 86.0 Å². The lowest BCUT2D eigenvalue weighted by Crippen LogP contribution is -2.44. The minimum Gasteiger partial charge on any atom is -0.461 e. The maximum atomic E-state index is 12.9. The molecule has 0 amide bonds. The number of allylic oxidation sites excluding steroid dienone is 1. The van der Waals surface area contributed by atoms with Gasteiger partial charge in [-0.3, -0.25) is 9.59 Å². The number of carbonyl (C=O) groups is 2. The van der Waals surface area contributed by atoms with E-state index in [4.69, 9.17) is 9.47 Å². The van der Waals surface area contributed by atoms with Gasteiger partial charge in [-0.05, 0) is 76.0 Å². The molecule has 3 rings (SSSR count). The molecule has 30 heavy (non-hydrogen) atoms. The number of hydrogen-bond donors (Lipinski definition) is 1. The Kier molecular flexibility index (Phi) is 7.32. The van der Waals surface area contributed by atoms with E-state index in [0.29, 0.717) is 30.6 Å². The van der Waals surface area contributed by atoms with Gasteiger partial charge in [0.05, 0.1) is 5.41 Å². The molecule has 0 unspecified atom stereocenters. The first kappa shape index (κ1) is 23.3. The second-order valence-corrected chi connectivity index (χ2v) is 10.7. The number of cyclic esters (lactones) is 1. The number of esters is 2. The van der Waals surface area contributed by atoms with E-state index < -0.39 is 11.7 Å². The standard InChI is InChI=1S/C25H40O5/c1-6-25(4,5)24(28)29-20-12-15(2)11-18-9-7-16(3)19(23(18)20)10-8-17-13-21(26)30-22(27)14-17/h11,15-17,19-21,23,26H,6-10,12-14H2,1-5H3/t15-,16-,17+,19-,20-,21+,23+/m0/s1. The highest BCUT2D eigenvalue weighted by Crippen LogP contribution is 2.48. The third-order valence-corrected chi connectivity index (χ3v) is 7.87. The van der Waals surface area contributed by atoms with Gasteiger partial charge in [0.15, 0.2) is 0 Å². The van der Waals surface area contributed by atoms with Gasteiger partial charge in [0, 0.05) is 18.8 Å². The minimum absolute atomic E-state index is 0.0620. The van der Waals surface area contributed by atoms with Gasteiger partial charge in [0.25, 0.3) is 0 Å². The molecule has 5 nitrogen and oxygen atoms in total. The summed E-state index contributed by atoms with van der Waals surface area (Å²) in [5.41, 5.74) is 1.01. The van der Waals surface area contributed by atoms with Gasteiger partial charge in [-0.2, -0.15) is 0 Å². The van der Waals surface area contributed by atoms with Crippen molar-refractivity contribution in [3.05, 3.63) is 11.6 Å². The Morgan fingerprint density at radius 2 is 2.00 bits per heavy atom. The van der Waals surface area contributed by atoms with Crippen LogP contribution in [-0.2, 0) is 19.1 Å². The van der Waals surface area contributed by atoms with E-state index in [2.05, 4.69) is 19.9 Å². The summed E-state index contributed by atoms with van der Waals surface area (Å²) in [7, 11) is 0. The molecule has 5 heteroatoms. The van der Waals surface area contributed by atoms with E-state index in [9.17, 15) is 14.7 Å². The van der Waals surface area contributed by atoms with E-state index >= 15 is 0 Å². The Bertz CT molecular complexity index is 666. The SMILES string of the molecule is CCC(C)(C)C(=O)O[C@H]1C[C@@H](C)C=C2CC[C@H](C)[C@H](CC[C@H]3CC(=O)O[C@@H](O)C3)[C@@H]21. The van der Waals surface area contributed by atoms with Crippen LogP contribution in [-0.4, -0.2) is 29.4 Å². The van der Waals surface area contributed by atoms with Crippen LogP contribution in [0, 0.1) is 35.0 Å². The molecular weight excluding hydrogens is 380 g/mol. The van der Waals surface area contributed by atoms with Crippen molar-refractivity contribution in [1.82, 2.24) is 0 Å². The average molecular weight is 421 g/mol. The summed E-state index contributed by atoms with van der Waals surface area (Å²) < 4.78 is 11.1. The molecular formula is C25H40O5. The van der Waals surface area contributed by atoms with Crippen LogP contribution in [0.2, 0.25) is 0 Å². The van der Waals surface area contributed by atoms with Gasteiger partial charge in [0.1, 0.15) is 6.10 Å². The molecule has 1 saturated carbocycles. The molecule has 1 N–H and O–H groups in total. The fraction of sp³-hybridized carbons (Fsp3) is 0.840. The lowest BCUT2D eigenvalue weighted by molar-refractivity contribution is -0.182. The second-order valence-electron chi connectivity index (χ2n) is 10.7. The number of ether oxygens (including phenoxy) is 2. The summed E-state index contributed by atoms with van der Waals surface area (Å²) in [4.78, 5) is 24.6. The fourth-order valence-electron chi connectivity index (χ4n) is 5.59. The highest BCUT2D eigenvalue weighted by atomic mass is 16.6. The van der Waals surface area contributed by atoms with Gasteiger partial charge in [0.2, 0.25) is 6.29 Å². The number of aliphatic hydroxyl groups is 1. The molecule has 3 aliphatic rings. The number of rotatable bonds is 6. The Morgan fingerprint density at radius 1 is 1.27 bits per heavy atom. The predicted molar refractivity (Wildman–Crippen MR) is 115 cm³/mol. The first-order chi connectivity index (χ1) is 14.1. The van der Waals surface area contributed by atoms with Crippen molar-refractivity contribution < 1.29 is 24.2 Å². The molecule has 170 valence electrons. The molecule has 0 aromatic heterocycles. The molecule has 2 fully saturated rings. The number of aliphatic hydroxyl groups excluding tert-OH is 1.